The maximum Gasteiger partial charge on any atom is 0.254 e. The third-order valence-electron chi connectivity index (χ3n) is 5.86. The molecule has 9 heteroatoms. The minimum Gasteiger partial charge on any atom is -0.394 e. The van der Waals surface area contributed by atoms with E-state index in [4.69, 9.17) is 4.98 Å². The van der Waals surface area contributed by atoms with Gasteiger partial charge in [0.2, 0.25) is 5.91 Å². The van der Waals surface area contributed by atoms with Gasteiger partial charge in [0, 0.05) is 30.3 Å². The highest BCUT2D eigenvalue weighted by Gasteiger charge is 2.28. The van der Waals surface area contributed by atoms with Crippen LogP contribution in [-0.2, 0) is 9.59 Å². The highest BCUT2D eigenvalue weighted by molar-refractivity contribution is 6.15. The number of amides is 2. The maximum absolute atomic E-state index is 12.0. The van der Waals surface area contributed by atoms with E-state index >= 15 is 0 Å². The van der Waals surface area contributed by atoms with Crippen LogP contribution in [0.25, 0.3) is 11.7 Å². The van der Waals surface area contributed by atoms with Crippen molar-refractivity contribution < 1.29 is 14.7 Å². The molecular weight excluding hydrogens is 372 g/mol. The largest absolute Gasteiger partial charge is 0.394 e. The van der Waals surface area contributed by atoms with Crippen molar-refractivity contribution in [3.05, 3.63) is 23.4 Å². The van der Waals surface area contributed by atoms with Crippen molar-refractivity contribution in [3.8, 4) is 0 Å². The number of aliphatic hydroxyl groups excluding tert-OH is 1. The first-order valence-electron chi connectivity index (χ1n) is 10.2. The number of nitrogens with zero attached hydrogens (tertiary/aromatic N) is 4. The highest BCUT2D eigenvalue weighted by atomic mass is 16.3. The molecule has 2 amide bonds. The second-order valence-corrected chi connectivity index (χ2v) is 8.05. The molecule has 152 valence electrons. The van der Waals surface area contributed by atoms with Crippen molar-refractivity contribution in [3.63, 3.8) is 0 Å². The highest BCUT2D eigenvalue weighted by Crippen LogP contribution is 2.31. The lowest BCUT2D eigenvalue weighted by Gasteiger charge is -2.25. The van der Waals surface area contributed by atoms with Crippen LogP contribution >= 0.6 is 0 Å². The zero-order valence-electron chi connectivity index (χ0n) is 16.1. The zero-order chi connectivity index (χ0) is 20.0. The summed E-state index contributed by atoms with van der Waals surface area (Å²) in [4.78, 5) is 30.4. The van der Waals surface area contributed by atoms with E-state index in [1.807, 2.05) is 6.07 Å². The number of anilines is 2. The Bertz CT molecular complexity index is 1010. The number of fused-ring (bicyclic) bond motifs is 1. The summed E-state index contributed by atoms with van der Waals surface area (Å²) in [5.74, 6) is 1.68. The van der Waals surface area contributed by atoms with Gasteiger partial charge in [-0.25, -0.2) is 4.98 Å². The van der Waals surface area contributed by atoms with Crippen LogP contribution in [0.2, 0.25) is 0 Å². The van der Waals surface area contributed by atoms with Gasteiger partial charge in [0.15, 0.2) is 5.65 Å². The summed E-state index contributed by atoms with van der Waals surface area (Å²) in [5.41, 5.74) is 1.74. The number of hydrogen-bond donors (Lipinski definition) is 3. The molecule has 0 radical (unpaired) electrons. The van der Waals surface area contributed by atoms with Crippen LogP contribution in [-0.4, -0.2) is 57.3 Å². The summed E-state index contributed by atoms with van der Waals surface area (Å²) >= 11 is 0. The standard InChI is InChI=1S/C20H24N6O3/c27-11-15-2-1-5-25(15)17-8-16(21-9-12-3-4-12)26-19(23-17)14(10-22-26)6-13-7-18(28)24-20(13)29/h6,8,10,12,15,21,27H,1-5,7,9,11H2,(H,24,28,29)/b13-6+/t15-/m1/s1. The van der Waals surface area contributed by atoms with Gasteiger partial charge >= 0.3 is 0 Å². The van der Waals surface area contributed by atoms with E-state index < -0.39 is 0 Å². The normalized spacial score (nSPS) is 23.4. The molecule has 3 fully saturated rings. The minimum absolute atomic E-state index is 0.0594. The van der Waals surface area contributed by atoms with Crippen LogP contribution in [0.4, 0.5) is 11.6 Å². The van der Waals surface area contributed by atoms with Crippen LogP contribution in [0.1, 0.15) is 37.7 Å². The third kappa shape index (κ3) is 3.46. The third-order valence-corrected chi connectivity index (χ3v) is 5.86. The molecule has 3 aliphatic rings. The van der Waals surface area contributed by atoms with E-state index in [0.29, 0.717) is 22.7 Å². The van der Waals surface area contributed by atoms with Gasteiger partial charge in [-0.1, -0.05) is 0 Å². The molecule has 5 rings (SSSR count). The fourth-order valence-electron chi connectivity index (χ4n) is 4.05. The Balaban J connectivity index is 1.57. The zero-order valence-corrected chi connectivity index (χ0v) is 16.1. The molecule has 2 aliphatic heterocycles. The number of nitrogens with one attached hydrogen (secondary N) is 2. The van der Waals surface area contributed by atoms with E-state index in [1.165, 1.54) is 12.8 Å². The van der Waals surface area contributed by atoms with Gasteiger partial charge in [0.1, 0.15) is 11.6 Å². The molecule has 1 atom stereocenters. The predicted octanol–water partition coefficient (Wildman–Crippen LogP) is 0.942. The molecule has 9 nitrogen and oxygen atoms in total. The van der Waals surface area contributed by atoms with Gasteiger partial charge in [0.25, 0.3) is 5.91 Å². The monoisotopic (exact) mass is 396 g/mol. The quantitative estimate of drug-likeness (QED) is 0.492. The summed E-state index contributed by atoms with van der Waals surface area (Å²) in [6.07, 6.45) is 7.87. The second kappa shape index (κ2) is 7.14. The lowest BCUT2D eigenvalue weighted by molar-refractivity contribution is -0.124. The molecule has 2 saturated heterocycles. The maximum atomic E-state index is 12.0. The lowest BCUT2D eigenvalue weighted by Crippen LogP contribution is -2.33. The minimum atomic E-state index is -0.363. The van der Waals surface area contributed by atoms with Gasteiger partial charge < -0.3 is 15.3 Å². The lowest BCUT2D eigenvalue weighted by atomic mass is 10.1. The fraction of sp³-hybridized carbons (Fsp3) is 0.500. The van der Waals surface area contributed by atoms with Gasteiger partial charge in [-0.05, 0) is 37.7 Å². The van der Waals surface area contributed by atoms with Crippen molar-refractivity contribution in [2.45, 2.75) is 38.1 Å². The molecular formula is C20H24N6O3. The molecule has 0 aromatic carbocycles. The van der Waals surface area contributed by atoms with Gasteiger partial charge in [0.05, 0.1) is 25.3 Å². The fourth-order valence-corrected chi connectivity index (χ4v) is 4.05. The van der Waals surface area contributed by atoms with Crippen LogP contribution in [0.5, 0.6) is 0 Å². The average Bonchev–Trinajstić information content (AvgIpc) is 3.11. The number of carbonyl (C=O) groups excluding carboxylic acids is 2. The van der Waals surface area contributed by atoms with E-state index in [-0.39, 0.29) is 30.9 Å². The molecule has 2 aromatic heterocycles. The van der Waals surface area contributed by atoms with E-state index in [1.54, 1.807) is 16.8 Å². The summed E-state index contributed by atoms with van der Waals surface area (Å²) in [5, 5.41) is 20.0. The number of rotatable bonds is 6. The van der Waals surface area contributed by atoms with Crippen molar-refractivity contribution in [2.24, 2.45) is 5.92 Å². The molecule has 1 aliphatic carbocycles. The molecule has 0 spiro atoms. The summed E-state index contributed by atoms with van der Waals surface area (Å²) in [7, 11) is 0. The van der Waals surface area contributed by atoms with Crippen LogP contribution in [0, 0.1) is 5.92 Å². The first kappa shape index (κ1) is 18.1. The van der Waals surface area contributed by atoms with Gasteiger partial charge in [-0.2, -0.15) is 9.61 Å². The molecule has 3 N–H and O–H groups in total. The number of carbonyl (C=O) groups is 2. The van der Waals surface area contributed by atoms with Crippen molar-refractivity contribution in [1.29, 1.82) is 0 Å². The molecule has 4 heterocycles. The Morgan fingerprint density at radius 3 is 2.90 bits per heavy atom. The summed E-state index contributed by atoms with van der Waals surface area (Å²) < 4.78 is 1.75. The van der Waals surface area contributed by atoms with Crippen LogP contribution in [0.3, 0.4) is 0 Å². The van der Waals surface area contributed by atoms with Gasteiger partial charge in [-0.3, -0.25) is 14.9 Å². The Hall–Kier alpha value is -2.94. The first-order chi connectivity index (χ1) is 14.1. The molecule has 1 saturated carbocycles. The van der Waals surface area contributed by atoms with E-state index in [2.05, 4.69) is 20.6 Å². The molecule has 2 aromatic rings. The molecule has 0 unspecified atom stereocenters. The summed E-state index contributed by atoms with van der Waals surface area (Å²) in [6, 6.07) is 2.04. The number of hydrogen-bond acceptors (Lipinski definition) is 7. The Morgan fingerprint density at radius 1 is 1.31 bits per heavy atom. The number of aromatic nitrogens is 3. The SMILES string of the molecule is O=C1C/C(=C\c2cnn3c(NCC4CC4)cc(N4CCC[C@@H]4CO)nc23)C(=O)N1. The molecule has 29 heavy (non-hydrogen) atoms. The van der Waals surface area contributed by atoms with Crippen LogP contribution < -0.4 is 15.5 Å². The number of aliphatic hydroxyl groups is 1. The summed E-state index contributed by atoms with van der Waals surface area (Å²) in [6.45, 7) is 1.82. The average molecular weight is 396 g/mol. The van der Waals surface area contributed by atoms with Gasteiger partial charge in [-0.15, -0.1) is 0 Å². The Morgan fingerprint density at radius 2 is 2.17 bits per heavy atom. The van der Waals surface area contributed by atoms with Crippen molar-refractivity contribution in [2.75, 3.05) is 29.9 Å². The predicted molar refractivity (Wildman–Crippen MR) is 107 cm³/mol. The van der Waals surface area contributed by atoms with E-state index in [9.17, 15) is 14.7 Å². The van der Waals surface area contributed by atoms with Crippen molar-refractivity contribution >= 4 is 35.2 Å². The topological polar surface area (TPSA) is 112 Å². The Kier molecular flexibility index (Phi) is 4.46. The van der Waals surface area contributed by atoms with E-state index in [0.717, 1.165) is 37.6 Å². The first-order valence-corrected chi connectivity index (χ1v) is 10.2. The number of imide groups is 1. The molecule has 0 bridgehead atoms. The van der Waals surface area contributed by atoms with Crippen LogP contribution in [0.15, 0.2) is 17.8 Å². The second-order valence-electron chi connectivity index (χ2n) is 8.05. The van der Waals surface area contributed by atoms with Crippen molar-refractivity contribution in [1.82, 2.24) is 19.9 Å². The Labute approximate surface area is 167 Å². The smallest absolute Gasteiger partial charge is 0.254 e.